The SMILES string of the molecule is Fc1cncc(COc2ccc(F)c(Br)c2)c1. The fourth-order valence-corrected chi connectivity index (χ4v) is 1.63. The Morgan fingerprint density at radius 1 is 1.18 bits per heavy atom. The Bertz CT molecular complexity index is 534. The molecular weight excluding hydrogens is 292 g/mol. The summed E-state index contributed by atoms with van der Waals surface area (Å²) < 4.78 is 31.5. The van der Waals surface area contributed by atoms with Crippen LogP contribution in [0.5, 0.6) is 5.75 Å². The Hall–Kier alpha value is -1.49. The lowest BCUT2D eigenvalue weighted by Crippen LogP contribution is -1.97. The molecule has 88 valence electrons. The summed E-state index contributed by atoms with van der Waals surface area (Å²) in [6, 6.07) is 5.66. The highest BCUT2D eigenvalue weighted by atomic mass is 79.9. The highest BCUT2D eigenvalue weighted by Gasteiger charge is 2.02. The first-order valence-electron chi connectivity index (χ1n) is 4.82. The number of benzene rings is 1. The first kappa shape index (κ1) is 12.0. The second-order valence-electron chi connectivity index (χ2n) is 3.38. The van der Waals surface area contributed by atoms with Gasteiger partial charge in [0.15, 0.2) is 0 Å². The molecule has 2 rings (SSSR count). The molecule has 2 aromatic rings. The predicted molar refractivity (Wildman–Crippen MR) is 62.6 cm³/mol. The van der Waals surface area contributed by atoms with Crippen molar-refractivity contribution in [2.24, 2.45) is 0 Å². The Labute approximate surface area is 105 Å². The molecule has 0 unspecified atom stereocenters. The van der Waals surface area contributed by atoms with Gasteiger partial charge in [-0.25, -0.2) is 8.78 Å². The monoisotopic (exact) mass is 299 g/mol. The predicted octanol–water partition coefficient (Wildman–Crippen LogP) is 3.70. The number of hydrogen-bond acceptors (Lipinski definition) is 2. The molecule has 5 heteroatoms. The molecule has 0 radical (unpaired) electrons. The van der Waals surface area contributed by atoms with Crippen LogP contribution in [0.2, 0.25) is 0 Å². The molecule has 0 saturated carbocycles. The third-order valence-corrected chi connectivity index (χ3v) is 2.67. The standard InChI is InChI=1S/C12H8BrF2NO/c13-11-4-10(1-2-12(11)15)17-7-8-3-9(14)6-16-5-8/h1-6H,7H2. The minimum Gasteiger partial charge on any atom is -0.489 e. The Kier molecular flexibility index (Phi) is 3.68. The van der Waals surface area contributed by atoms with E-state index in [9.17, 15) is 8.78 Å². The summed E-state index contributed by atoms with van der Waals surface area (Å²) in [5.41, 5.74) is 0.616. The van der Waals surface area contributed by atoms with Crippen molar-refractivity contribution in [2.45, 2.75) is 6.61 Å². The van der Waals surface area contributed by atoms with E-state index in [0.717, 1.165) is 6.20 Å². The maximum Gasteiger partial charge on any atom is 0.141 e. The number of aromatic nitrogens is 1. The van der Waals surface area contributed by atoms with Gasteiger partial charge in [-0.1, -0.05) is 0 Å². The van der Waals surface area contributed by atoms with Gasteiger partial charge in [-0.3, -0.25) is 4.98 Å². The van der Waals surface area contributed by atoms with E-state index < -0.39 is 5.82 Å². The number of nitrogens with zero attached hydrogens (tertiary/aromatic N) is 1. The van der Waals surface area contributed by atoms with Crippen LogP contribution in [-0.4, -0.2) is 4.98 Å². The van der Waals surface area contributed by atoms with Gasteiger partial charge in [0.1, 0.15) is 24.0 Å². The third-order valence-electron chi connectivity index (χ3n) is 2.06. The van der Waals surface area contributed by atoms with Crippen LogP contribution in [0.15, 0.2) is 41.1 Å². The second kappa shape index (κ2) is 5.23. The number of halogens is 3. The van der Waals surface area contributed by atoms with Crippen LogP contribution in [0.3, 0.4) is 0 Å². The molecule has 1 aromatic carbocycles. The van der Waals surface area contributed by atoms with Crippen LogP contribution < -0.4 is 4.74 Å². The van der Waals surface area contributed by atoms with Crippen LogP contribution in [0.1, 0.15) is 5.56 Å². The van der Waals surface area contributed by atoms with Crippen LogP contribution in [0.25, 0.3) is 0 Å². The normalized spacial score (nSPS) is 10.3. The van der Waals surface area contributed by atoms with Gasteiger partial charge in [-0.2, -0.15) is 0 Å². The van der Waals surface area contributed by atoms with E-state index in [-0.39, 0.29) is 12.4 Å². The van der Waals surface area contributed by atoms with E-state index in [4.69, 9.17) is 4.74 Å². The third kappa shape index (κ3) is 3.23. The summed E-state index contributed by atoms with van der Waals surface area (Å²) in [5, 5.41) is 0. The average molecular weight is 300 g/mol. The van der Waals surface area contributed by atoms with E-state index in [2.05, 4.69) is 20.9 Å². The van der Waals surface area contributed by atoms with Crippen LogP contribution >= 0.6 is 15.9 Å². The molecule has 0 N–H and O–H groups in total. The van der Waals surface area contributed by atoms with Gasteiger partial charge in [0.25, 0.3) is 0 Å². The van der Waals surface area contributed by atoms with Crippen molar-refractivity contribution in [3.05, 3.63) is 58.3 Å². The van der Waals surface area contributed by atoms with Crippen molar-refractivity contribution in [2.75, 3.05) is 0 Å². The zero-order chi connectivity index (χ0) is 12.3. The summed E-state index contributed by atoms with van der Waals surface area (Å²) in [6.07, 6.45) is 2.64. The summed E-state index contributed by atoms with van der Waals surface area (Å²) in [6.45, 7) is 0.183. The van der Waals surface area contributed by atoms with Gasteiger partial charge < -0.3 is 4.74 Å². The summed E-state index contributed by atoms with van der Waals surface area (Å²) in [4.78, 5) is 3.70. The first-order valence-corrected chi connectivity index (χ1v) is 5.62. The Morgan fingerprint density at radius 2 is 2.00 bits per heavy atom. The van der Waals surface area contributed by atoms with Gasteiger partial charge in [0, 0.05) is 11.8 Å². The molecule has 1 heterocycles. The molecule has 0 aliphatic rings. The fourth-order valence-electron chi connectivity index (χ4n) is 1.27. The molecule has 0 aliphatic heterocycles. The zero-order valence-electron chi connectivity index (χ0n) is 8.66. The number of hydrogen-bond donors (Lipinski definition) is 0. The molecule has 0 fully saturated rings. The van der Waals surface area contributed by atoms with E-state index in [1.165, 1.54) is 30.5 Å². The maximum atomic E-state index is 13.0. The lowest BCUT2D eigenvalue weighted by atomic mass is 10.3. The van der Waals surface area contributed by atoms with Crippen molar-refractivity contribution in [3.63, 3.8) is 0 Å². The van der Waals surface area contributed by atoms with E-state index in [1.807, 2.05) is 0 Å². The number of ether oxygens (including phenoxy) is 1. The minimum atomic E-state index is -0.411. The molecule has 0 spiro atoms. The lowest BCUT2D eigenvalue weighted by molar-refractivity contribution is 0.304. The molecule has 17 heavy (non-hydrogen) atoms. The minimum absolute atomic E-state index is 0.183. The maximum absolute atomic E-state index is 13.0. The molecule has 0 atom stereocenters. The van der Waals surface area contributed by atoms with Gasteiger partial charge in [0.05, 0.1) is 10.7 Å². The summed E-state index contributed by atoms with van der Waals surface area (Å²) in [5.74, 6) is -0.265. The van der Waals surface area contributed by atoms with Crippen molar-refractivity contribution in [1.29, 1.82) is 0 Å². The van der Waals surface area contributed by atoms with E-state index in [0.29, 0.717) is 15.8 Å². The number of pyridine rings is 1. The smallest absolute Gasteiger partial charge is 0.141 e. The Balaban J connectivity index is 2.05. The molecule has 0 amide bonds. The molecule has 2 nitrogen and oxygen atoms in total. The second-order valence-corrected chi connectivity index (χ2v) is 4.23. The van der Waals surface area contributed by atoms with Crippen molar-refractivity contribution < 1.29 is 13.5 Å². The van der Waals surface area contributed by atoms with E-state index in [1.54, 1.807) is 0 Å². The van der Waals surface area contributed by atoms with E-state index >= 15 is 0 Å². The quantitative estimate of drug-likeness (QED) is 0.862. The van der Waals surface area contributed by atoms with Gasteiger partial charge in [0.2, 0.25) is 0 Å². The van der Waals surface area contributed by atoms with Gasteiger partial charge in [-0.15, -0.1) is 0 Å². The topological polar surface area (TPSA) is 22.1 Å². The van der Waals surface area contributed by atoms with Crippen molar-refractivity contribution in [3.8, 4) is 5.75 Å². The first-order chi connectivity index (χ1) is 8.15. The van der Waals surface area contributed by atoms with Gasteiger partial charge in [-0.05, 0) is 40.2 Å². The Morgan fingerprint density at radius 3 is 2.71 bits per heavy atom. The molecule has 0 aliphatic carbocycles. The summed E-state index contributed by atoms with van der Waals surface area (Å²) in [7, 11) is 0. The van der Waals surface area contributed by atoms with Crippen LogP contribution in [0.4, 0.5) is 8.78 Å². The van der Waals surface area contributed by atoms with Crippen LogP contribution in [0, 0.1) is 11.6 Å². The average Bonchev–Trinajstić information content (AvgIpc) is 2.31. The van der Waals surface area contributed by atoms with Crippen LogP contribution in [-0.2, 0) is 6.61 Å². The molecule has 0 saturated heterocycles. The zero-order valence-corrected chi connectivity index (χ0v) is 10.2. The lowest BCUT2D eigenvalue weighted by Gasteiger charge is -2.06. The molecule has 1 aromatic heterocycles. The largest absolute Gasteiger partial charge is 0.489 e. The fraction of sp³-hybridized carbons (Fsp3) is 0.0833. The van der Waals surface area contributed by atoms with Gasteiger partial charge >= 0.3 is 0 Å². The highest BCUT2D eigenvalue weighted by Crippen LogP contribution is 2.22. The number of rotatable bonds is 3. The highest BCUT2D eigenvalue weighted by molar-refractivity contribution is 9.10. The van der Waals surface area contributed by atoms with Crippen molar-refractivity contribution >= 4 is 15.9 Å². The summed E-state index contributed by atoms with van der Waals surface area (Å²) >= 11 is 3.06. The molecular formula is C12H8BrF2NO. The van der Waals surface area contributed by atoms with Crippen molar-refractivity contribution in [1.82, 2.24) is 4.98 Å². The molecule has 0 bridgehead atoms.